The Morgan fingerprint density at radius 1 is 1.52 bits per heavy atom. The Kier molecular flexibility index (Phi) is 5.06. The van der Waals surface area contributed by atoms with Crippen LogP contribution in [0.1, 0.15) is 6.92 Å². The van der Waals surface area contributed by atoms with Gasteiger partial charge in [0.1, 0.15) is 6.04 Å². The van der Waals surface area contributed by atoms with Gasteiger partial charge in [0.2, 0.25) is 17.8 Å². The molecule has 10 heteroatoms. The van der Waals surface area contributed by atoms with Gasteiger partial charge >= 0.3 is 6.01 Å². The highest BCUT2D eigenvalue weighted by atomic mass is 16.5. The van der Waals surface area contributed by atoms with E-state index in [0.29, 0.717) is 25.7 Å². The lowest BCUT2D eigenvalue weighted by atomic mass is 10.2. The molecule has 1 aliphatic heterocycles. The van der Waals surface area contributed by atoms with Gasteiger partial charge in [0.25, 0.3) is 0 Å². The molecule has 0 aliphatic carbocycles. The first-order valence-corrected chi connectivity index (χ1v) is 6.61. The number of nitrogens with zero attached hydrogens (tertiary/aromatic N) is 4. The van der Waals surface area contributed by atoms with Gasteiger partial charge in [-0.15, -0.1) is 0 Å². The van der Waals surface area contributed by atoms with Gasteiger partial charge in [-0.2, -0.15) is 15.0 Å². The average molecular weight is 297 g/mol. The van der Waals surface area contributed by atoms with Gasteiger partial charge in [-0.05, 0) is 6.92 Å². The molecule has 0 bridgehead atoms. The van der Waals surface area contributed by atoms with Crippen molar-refractivity contribution in [2.24, 2.45) is 5.84 Å². The molecular formula is C11H19N7O3. The first-order chi connectivity index (χ1) is 10.2. The van der Waals surface area contributed by atoms with Crippen molar-refractivity contribution in [2.45, 2.75) is 13.0 Å². The Balaban J connectivity index is 2.32. The average Bonchev–Trinajstić information content (AvgIpc) is 2.54. The minimum atomic E-state index is -0.508. The molecule has 1 unspecified atom stereocenters. The van der Waals surface area contributed by atoms with Crippen molar-refractivity contribution in [3.05, 3.63) is 0 Å². The van der Waals surface area contributed by atoms with Crippen LogP contribution < -0.4 is 26.2 Å². The highest BCUT2D eigenvalue weighted by Crippen LogP contribution is 2.19. The van der Waals surface area contributed by atoms with Gasteiger partial charge < -0.3 is 19.7 Å². The third-order valence-corrected chi connectivity index (χ3v) is 2.94. The lowest BCUT2D eigenvalue weighted by molar-refractivity contribution is -0.124. The highest BCUT2D eigenvalue weighted by Gasteiger charge is 2.31. The largest absolute Gasteiger partial charge is 0.464 e. The Morgan fingerprint density at radius 3 is 3.00 bits per heavy atom. The van der Waals surface area contributed by atoms with Crippen LogP contribution in [0.5, 0.6) is 6.01 Å². The number of nitrogen functional groups attached to an aromatic ring is 1. The third kappa shape index (κ3) is 3.47. The fourth-order valence-corrected chi connectivity index (χ4v) is 1.96. The first kappa shape index (κ1) is 15.2. The van der Waals surface area contributed by atoms with E-state index in [2.05, 4.69) is 25.7 Å². The van der Waals surface area contributed by atoms with E-state index >= 15 is 0 Å². The van der Waals surface area contributed by atoms with Gasteiger partial charge in [-0.25, -0.2) is 5.84 Å². The molecule has 1 aliphatic rings. The van der Waals surface area contributed by atoms with Crippen LogP contribution in [-0.2, 0) is 9.53 Å². The van der Waals surface area contributed by atoms with Crippen LogP contribution in [0.3, 0.4) is 0 Å². The number of carbonyl (C=O) groups is 1. The number of hydrogen-bond acceptors (Lipinski definition) is 9. The summed E-state index contributed by atoms with van der Waals surface area (Å²) in [5.74, 6) is 5.67. The van der Waals surface area contributed by atoms with Crippen molar-refractivity contribution < 1.29 is 14.3 Å². The number of ether oxygens (including phenoxy) is 2. The van der Waals surface area contributed by atoms with E-state index in [1.165, 1.54) is 0 Å². The fourth-order valence-electron chi connectivity index (χ4n) is 1.96. The number of likely N-dealkylation sites (N-methyl/N-ethyl adjacent to an activating group) is 1. The molecule has 0 radical (unpaired) electrons. The number of amides is 1. The van der Waals surface area contributed by atoms with E-state index in [9.17, 15) is 4.79 Å². The SMILES string of the molecule is CCOc1nc(NN)nc(N2CCOCC2C(=O)NC)n1. The molecule has 2 heterocycles. The molecule has 0 spiro atoms. The minimum absolute atomic E-state index is 0.151. The van der Waals surface area contributed by atoms with Crippen LogP contribution in [-0.4, -0.2) is 60.3 Å². The number of hydrazine groups is 1. The number of aromatic nitrogens is 3. The zero-order chi connectivity index (χ0) is 15.2. The molecule has 1 fully saturated rings. The second-order valence-corrected chi connectivity index (χ2v) is 4.22. The van der Waals surface area contributed by atoms with Crippen LogP contribution in [0.4, 0.5) is 11.9 Å². The number of nitrogens with two attached hydrogens (primary N) is 1. The van der Waals surface area contributed by atoms with E-state index in [4.69, 9.17) is 15.3 Å². The van der Waals surface area contributed by atoms with Crippen molar-refractivity contribution in [3.63, 3.8) is 0 Å². The van der Waals surface area contributed by atoms with Gasteiger partial charge in [0, 0.05) is 13.6 Å². The van der Waals surface area contributed by atoms with Gasteiger partial charge in [-0.1, -0.05) is 0 Å². The van der Waals surface area contributed by atoms with Crippen molar-refractivity contribution in [2.75, 3.05) is 43.7 Å². The summed E-state index contributed by atoms with van der Waals surface area (Å²) in [6.45, 7) is 3.46. The fraction of sp³-hybridized carbons (Fsp3) is 0.636. The van der Waals surface area contributed by atoms with Crippen molar-refractivity contribution in [1.29, 1.82) is 0 Å². The molecule has 1 aromatic heterocycles. The zero-order valence-corrected chi connectivity index (χ0v) is 12.0. The summed E-state index contributed by atoms with van der Waals surface area (Å²) >= 11 is 0. The Morgan fingerprint density at radius 2 is 2.33 bits per heavy atom. The second-order valence-electron chi connectivity index (χ2n) is 4.22. The van der Waals surface area contributed by atoms with E-state index in [1.54, 1.807) is 11.9 Å². The molecule has 1 atom stereocenters. The summed E-state index contributed by atoms with van der Waals surface area (Å²) in [4.78, 5) is 26.1. The van der Waals surface area contributed by atoms with Crippen molar-refractivity contribution in [1.82, 2.24) is 20.3 Å². The third-order valence-electron chi connectivity index (χ3n) is 2.94. The number of rotatable bonds is 5. The lowest BCUT2D eigenvalue weighted by Crippen LogP contribution is -2.54. The number of hydrogen-bond donors (Lipinski definition) is 3. The van der Waals surface area contributed by atoms with E-state index in [0.717, 1.165) is 0 Å². The Bertz CT molecular complexity index is 499. The van der Waals surface area contributed by atoms with E-state index in [1.807, 2.05) is 6.92 Å². The smallest absolute Gasteiger partial charge is 0.323 e. The molecule has 0 aromatic carbocycles. The molecule has 4 N–H and O–H groups in total. The summed E-state index contributed by atoms with van der Waals surface area (Å²) in [5.41, 5.74) is 2.36. The second kappa shape index (κ2) is 6.99. The summed E-state index contributed by atoms with van der Waals surface area (Å²) < 4.78 is 10.6. The molecule has 2 rings (SSSR count). The topological polar surface area (TPSA) is 128 Å². The summed E-state index contributed by atoms with van der Waals surface area (Å²) in [6, 6.07) is -0.358. The predicted octanol–water partition coefficient (Wildman–Crippen LogP) is -1.49. The molecule has 0 saturated carbocycles. The summed E-state index contributed by atoms with van der Waals surface area (Å²) in [5, 5.41) is 2.60. The normalized spacial score (nSPS) is 18.2. The van der Waals surface area contributed by atoms with E-state index < -0.39 is 6.04 Å². The monoisotopic (exact) mass is 297 g/mol. The lowest BCUT2D eigenvalue weighted by Gasteiger charge is -2.34. The standard InChI is InChI=1S/C11H19N7O3/c1-3-21-11-15-9(17-12)14-10(16-11)18-4-5-20-6-7(18)8(19)13-2/h7H,3-6,12H2,1-2H3,(H,13,19)(H,14,15,16,17). The van der Waals surface area contributed by atoms with Crippen LogP contribution in [0.25, 0.3) is 0 Å². The Labute approximate surface area is 122 Å². The number of morpholine rings is 1. The van der Waals surface area contributed by atoms with Crippen molar-refractivity contribution in [3.8, 4) is 6.01 Å². The molecule has 21 heavy (non-hydrogen) atoms. The maximum Gasteiger partial charge on any atom is 0.323 e. The maximum atomic E-state index is 11.9. The summed E-state index contributed by atoms with van der Waals surface area (Å²) in [7, 11) is 1.57. The van der Waals surface area contributed by atoms with E-state index in [-0.39, 0.29) is 24.5 Å². The van der Waals surface area contributed by atoms with Gasteiger partial charge in [0.05, 0.1) is 19.8 Å². The number of nitrogens with one attached hydrogen (secondary N) is 2. The van der Waals surface area contributed by atoms with Crippen LogP contribution in [0.2, 0.25) is 0 Å². The van der Waals surface area contributed by atoms with Crippen LogP contribution >= 0.6 is 0 Å². The zero-order valence-electron chi connectivity index (χ0n) is 12.0. The molecule has 1 amide bonds. The molecule has 1 saturated heterocycles. The highest BCUT2D eigenvalue weighted by molar-refractivity contribution is 5.84. The quantitative estimate of drug-likeness (QED) is 0.439. The molecule has 10 nitrogen and oxygen atoms in total. The number of anilines is 2. The Hall–Kier alpha value is -2.20. The minimum Gasteiger partial charge on any atom is -0.464 e. The number of carbonyl (C=O) groups excluding carboxylic acids is 1. The van der Waals surface area contributed by atoms with Gasteiger partial charge in [-0.3, -0.25) is 10.2 Å². The molecular weight excluding hydrogens is 278 g/mol. The van der Waals surface area contributed by atoms with Gasteiger partial charge in [0.15, 0.2) is 0 Å². The predicted molar refractivity (Wildman–Crippen MR) is 74.8 cm³/mol. The van der Waals surface area contributed by atoms with Crippen molar-refractivity contribution >= 4 is 17.8 Å². The van der Waals surface area contributed by atoms with Crippen LogP contribution in [0, 0.1) is 0 Å². The first-order valence-electron chi connectivity index (χ1n) is 6.61. The molecule has 116 valence electrons. The maximum absolute atomic E-state index is 11.9. The summed E-state index contributed by atoms with van der Waals surface area (Å²) in [6.07, 6.45) is 0. The van der Waals surface area contributed by atoms with Crippen LogP contribution in [0.15, 0.2) is 0 Å². The molecule has 1 aromatic rings.